The molecule has 6 nitrogen and oxygen atoms in total. The van der Waals surface area contributed by atoms with Crippen LogP contribution in [0.3, 0.4) is 0 Å². The van der Waals surface area contributed by atoms with E-state index in [2.05, 4.69) is 15.0 Å². The van der Waals surface area contributed by atoms with Crippen LogP contribution in [0, 0.1) is 13.1 Å². The topological polar surface area (TPSA) is 59.4 Å². The Morgan fingerprint density at radius 2 is 1.09 bits per heavy atom. The largest absolute Gasteiger partial charge is 0.388 e. The van der Waals surface area contributed by atoms with Gasteiger partial charge in [-0.1, -0.05) is 32.1 Å². The standard InChI is InChI=1S/C9H19NO.C9H15NO.C8H13NO/c2*1-10-9(8-11-2)6-4-3-5-7-9;1-9-8(7-10)5-3-2-4-6-8/h10H,3-8H2,1-2H3;3-8H2,2H3;10H,2-7H2. The summed E-state index contributed by atoms with van der Waals surface area (Å²) in [5, 5.41) is 12.3. The zero-order chi connectivity index (χ0) is 23.8. The molecule has 0 atom stereocenters. The molecular weight excluding hydrogens is 402 g/mol. The van der Waals surface area contributed by atoms with Gasteiger partial charge in [0, 0.05) is 45.4 Å². The fraction of sp³-hybridized carbons (Fsp3) is 0.923. The van der Waals surface area contributed by atoms with Gasteiger partial charge in [0.1, 0.15) is 13.2 Å². The molecule has 0 saturated heterocycles. The average molecular weight is 450 g/mol. The van der Waals surface area contributed by atoms with E-state index >= 15 is 0 Å². The first kappa shape index (κ1) is 28.9. The summed E-state index contributed by atoms with van der Waals surface area (Å²) >= 11 is 0. The third kappa shape index (κ3) is 9.36. The number of aliphatic hydroxyl groups excluding tert-OH is 1. The Bertz CT molecular complexity index is 553. The van der Waals surface area contributed by atoms with Crippen LogP contribution in [-0.4, -0.2) is 62.8 Å². The van der Waals surface area contributed by atoms with Crippen LogP contribution in [0.15, 0.2) is 0 Å². The molecule has 6 heteroatoms. The Kier molecular flexibility index (Phi) is 14.1. The van der Waals surface area contributed by atoms with Crippen LogP contribution in [0.1, 0.15) is 96.3 Å². The van der Waals surface area contributed by atoms with Crippen molar-refractivity contribution in [1.29, 1.82) is 0 Å². The first-order valence-corrected chi connectivity index (χ1v) is 12.5. The fourth-order valence-corrected chi connectivity index (χ4v) is 5.25. The number of likely N-dealkylation sites (N-methyl/N-ethyl adjacent to an activating group) is 1. The Hall–Kier alpha value is -1.18. The minimum Gasteiger partial charge on any atom is -0.388 e. The van der Waals surface area contributed by atoms with Gasteiger partial charge in [0.15, 0.2) is 0 Å². The third-order valence-corrected chi connectivity index (χ3v) is 7.51. The summed E-state index contributed by atoms with van der Waals surface area (Å²) in [7, 11) is 5.51. The van der Waals surface area contributed by atoms with Gasteiger partial charge in [0.05, 0.1) is 6.61 Å². The van der Waals surface area contributed by atoms with Gasteiger partial charge in [-0.3, -0.25) is 0 Å². The highest BCUT2D eigenvalue weighted by Crippen LogP contribution is 2.32. The molecule has 0 amide bonds. The number of nitrogens with one attached hydrogen (secondary N) is 1. The van der Waals surface area contributed by atoms with E-state index in [1.807, 2.05) is 7.05 Å². The van der Waals surface area contributed by atoms with Crippen molar-refractivity contribution in [2.45, 2.75) is 113 Å². The normalized spacial score (nSPS) is 23.2. The van der Waals surface area contributed by atoms with Gasteiger partial charge in [-0.05, 0) is 45.6 Å². The first-order valence-electron chi connectivity index (χ1n) is 12.5. The number of ether oxygens (including phenoxy) is 2. The van der Waals surface area contributed by atoms with E-state index in [1.54, 1.807) is 14.2 Å². The molecule has 0 radical (unpaired) electrons. The maximum atomic E-state index is 8.93. The highest BCUT2D eigenvalue weighted by atomic mass is 16.5. The minimum atomic E-state index is -0.391. The van der Waals surface area contributed by atoms with E-state index in [4.69, 9.17) is 27.7 Å². The fourth-order valence-electron chi connectivity index (χ4n) is 5.25. The number of methoxy groups -OCH3 is 2. The molecule has 32 heavy (non-hydrogen) atoms. The van der Waals surface area contributed by atoms with E-state index < -0.39 is 5.54 Å². The number of rotatable bonds is 6. The van der Waals surface area contributed by atoms with Crippen molar-refractivity contribution in [3.8, 4) is 0 Å². The van der Waals surface area contributed by atoms with Gasteiger partial charge < -0.3 is 29.6 Å². The molecule has 3 aliphatic carbocycles. The minimum absolute atomic E-state index is 0.0521. The number of hydrogen-bond acceptors (Lipinski definition) is 4. The van der Waals surface area contributed by atoms with Gasteiger partial charge in [0.25, 0.3) is 11.1 Å². The number of nitrogens with zero attached hydrogens (tertiary/aromatic N) is 2. The summed E-state index contributed by atoms with van der Waals surface area (Å²) in [6, 6.07) is 0. The van der Waals surface area contributed by atoms with Crippen LogP contribution in [0.5, 0.6) is 0 Å². The van der Waals surface area contributed by atoms with E-state index in [9.17, 15) is 0 Å². The quantitative estimate of drug-likeness (QED) is 0.532. The van der Waals surface area contributed by atoms with Crippen molar-refractivity contribution in [3.63, 3.8) is 0 Å². The zero-order valence-corrected chi connectivity index (χ0v) is 20.9. The summed E-state index contributed by atoms with van der Waals surface area (Å²) in [5.74, 6) is 0. The summed E-state index contributed by atoms with van der Waals surface area (Å²) in [4.78, 5) is 7.19. The van der Waals surface area contributed by atoms with E-state index in [0.29, 0.717) is 12.1 Å². The molecule has 0 unspecified atom stereocenters. The van der Waals surface area contributed by atoms with Crippen LogP contribution in [0.25, 0.3) is 9.69 Å². The average Bonchev–Trinajstić information content (AvgIpc) is 2.87. The predicted molar refractivity (Wildman–Crippen MR) is 131 cm³/mol. The van der Waals surface area contributed by atoms with E-state index in [1.165, 1.54) is 57.8 Å². The zero-order valence-electron chi connectivity index (χ0n) is 20.9. The SMILES string of the molecule is CNC1(COC)CCCCC1.[C-]#[N+]C1(CO)CCCCC1.[C-]#[N+]C1(COC)CCCCC1. The monoisotopic (exact) mass is 449 g/mol. The lowest BCUT2D eigenvalue weighted by molar-refractivity contribution is 0.0874. The molecule has 0 aromatic rings. The summed E-state index contributed by atoms with van der Waals surface area (Å²) in [5.41, 5.74) is -0.252. The maximum absolute atomic E-state index is 8.93. The third-order valence-electron chi connectivity index (χ3n) is 7.51. The summed E-state index contributed by atoms with van der Waals surface area (Å²) in [6.07, 6.45) is 17.7. The molecule has 3 saturated carbocycles. The molecule has 0 aliphatic heterocycles. The van der Waals surface area contributed by atoms with Crippen LogP contribution in [0.4, 0.5) is 0 Å². The van der Waals surface area contributed by atoms with Crippen molar-refractivity contribution >= 4 is 0 Å². The molecule has 3 rings (SSSR count). The molecule has 0 heterocycles. The van der Waals surface area contributed by atoms with Gasteiger partial charge in [-0.15, -0.1) is 0 Å². The first-order chi connectivity index (χ1) is 15.5. The number of hydrogen-bond donors (Lipinski definition) is 2. The second kappa shape index (κ2) is 15.6. The highest BCUT2D eigenvalue weighted by Gasteiger charge is 2.38. The molecule has 3 fully saturated rings. The summed E-state index contributed by atoms with van der Waals surface area (Å²) in [6.45, 7) is 15.5. The van der Waals surface area contributed by atoms with Crippen LogP contribution in [-0.2, 0) is 9.47 Å². The van der Waals surface area contributed by atoms with Crippen molar-refractivity contribution in [2.24, 2.45) is 0 Å². The Labute approximate surface area is 197 Å². The highest BCUT2D eigenvalue weighted by molar-refractivity contribution is 5.00. The Morgan fingerprint density at radius 3 is 1.41 bits per heavy atom. The molecule has 0 bridgehead atoms. The summed E-state index contributed by atoms with van der Waals surface area (Å²) < 4.78 is 10.3. The lowest BCUT2D eigenvalue weighted by Gasteiger charge is -2.36. The van der Waals surface area contributed by atoms with Crippen LogP contribution < -0.4 is 5.32 Å². The predicted octanol–water partition coefficient (Wildman–Crippen LogP) is 5.41. The van der Waals surface area contributed by atoms with Crippen molar-refractivity contribution in [2.75, 3.05) is 41.1 Å². The van der Waals surface area contributed by atoms with E-state index in [-0.39, 0.29) is 12.1 Å². The van der Waals surface area contributed by atoms with Gasteiger partial charge in [-0.2, -0.15) is 0 Å². The molecule has 3 aliphatic rings. The van der Waals surface area contributed by atoms with Crippen LogP contribution >= 0.6 is 0 Å². The van der Waals surface area contributed by atoms with Gasteiger partial charge >= 0.3 is 0 Å². The molecule has 2 N–H and O–H groups in total. The van der Waals surface area contributed by atoms with Gasteiger partial charge in [0.2, 0.25) is 0 Å². The number of aliphatic hydroxyl groups is 1. The molecule has 0 aromatic heterocycles. The molecular formula is C26H47N3O3. The van der Waals surface area contributed by atoms with Gasteiger partial charge in [-0.25, -0.2) is 13.1 Å². The van der Waals surface area contributed by atoms with Crippen molar-refractivity contribution in [1.82, 2.24) is 5.32 Å². The lowest BCUT2D eigenvalue weighted by atomic mass is 9.82. The molecule has 0 aromatic carbocycles. The van der Waals surface area contributed by atoms with Crippen LogP contribution in [0.2, 0.25) is 0 Å². The van der Waals surface area contributed by atoms with Crippen molar-refractivity contribution < 1.29 is 14.6 Å². The Balaban J connectivity index is 0.000000240. The maximum Gasteiger partial charge on any atom is 0.255 e. The smallest absolute Gasteiger partial charge is 0.255 e. The molecule has 184 valence electrons. The van der Waals surface area contributed by atoms with Crippen molar-refractivity contribution in [3.05, 3.63) is 22.8 Å². The van der Waals surface area contributed by atoms with E-state index in [0.717, 1.165) is 45.1 Å². The second-order valence-electron chi connectivity index (χ2n) is 9.91. The lowest BCUT2D eigenvalue weighted by Crippen LogP contribution is -2.48. The second-order valence-corrected chi connectivity index (χ2v) is 9.91. The Morgan fingerprint density at radius 1 is 0.688 bits per heavy atom. The molecule has 0 spiro atoms.